The van der Waals surface area contributed by atoms with Gasteiger partial charge in [-0.25, -0.2) is 4.79 Å². The second-order valence-electron chi connectivity index (χ2n) is 4.99. The third kappa shape index (κ3) is 3.24. The molecule has 0 N–H and O–H groups in total. The minimum Gasteiger partial charge on any atom is -0.462 e. The Kier molecular flexibility index (Phi) is 4.63. The van der Waals surface area contributed by atoms with E-state index in [1.165, 1.54) is 11.1 Å². The molecule has 0 atom stereocenters. The van der Waals surface area contributed by atoms with Crippen LogP contribution in [0, 0.1) is 6.92 Å². The Morgan fingerprint density at radius 1 is 1.19 bits per heavy atom. The van der Waals surface area contributed by atoms with Gasteiger partial charge in [0.15, 0.2) is 0 Å². The molecule has 0 aliphatic heterocycles. The number of allylic oxidation sites excluding steroid dienone is 1. The van der Waals surface area contributed by atoms with Crippen LogP contribution in [0.1, 0.15) is 41.8 Å². The Morgan fingerprint density at radius 3 is 2.43 bits per heavy atom. The second kappa shape index (κ2) is 6.44. The molecule has 110 valence electrons. The first-order valence-corrected chi connectivity index (χ1v) is 7.21. The normalized spacial score (nSPS) is 10.4. The fourth-order valence-corrected chi connectivity index (χ4v) is 2.25. The standard InChI is InChI=1S/C18H21NO2/c1-5-13(3)17-12-19(11-14(17)4)16-9-7-15(8-10-16)18(20)21-6-2/h7-12H,3,5-6H2,1-2,4H3. The van der Waals surface area contributed by atoms with Crippen molar-refractivity contribution in [2.45, 2.75) is 27.2 Å². The summed E-state index contributed by atoms with van der Waals surface area (Å²) >= 11 is 0. The van der Waals surface area contributed by atoms with Crippen LogP contribution >= 0.6 is 0 Å². The summed E-state index contributed by atoms with van der Waals surface area (Å²) in [6.07, 6.45) is 5.10. The van der Waals surface area contributed by atoms with E-state index in [-0.39, 0.29) is 5.97 Å². The van der Waals surface area contributed by atoms with Crippen molar-refractivity contribution in [3.05, 3.63) is 59.9 Å². The summed E-state index contributed by atoms with van der Waals surface area (Å²) in [7, 11) is 0. The molecule has 2 aromatic rings. The van der Waals surface area contributed by atoms with Crippen LogP contribution in [0.25, 0.3) is 11.3 Å². The molecule has 2 rings (SSSR count). The van der Waals surface area contributed by atoms with Crippen LogP contribution in [0.15, 0.2) is 43.2 Å². The molecule has 3 nitrogen and oxygen atoms in total. The van der Waals surface area contributed by atoms with Crippen molar-refractivity contribution >= 4 is 11.5 Å². The second-order valence-corrected chi connectivity index (χ2v) is 4.99. The minimum absolute atomic E-state index is 0.284. The van der Waals surface area contributed by atoms with Gasteiger partial charge in [-0.3, -0.25) is 0 Å². The average molecular weight is 283 g/mol. The summed E-state index contributed by atoms with van der Waals surface area (Å²) in [6.45, 7) is 10.5. The molecule has 1 heterocycles. The third-order valence-corrected chi connectivity index (χ3v) is 3.51. The number of carbonyl (C=O) groups excluding carboxylic acids is 1. The van der Waals surface area contributed by atoms with Crippen LogP contribution in [-0.4, -0.2) is 17.1 Å². The number of hydrogen-bond acceptors (Lipinski definition) is 2. The van der Waals surface area contributed by atoms with Crippen molar-refractivity contribution in [2.75, 3.05) is 6.61 Å². The Hall–Kier alpha value is -2.29. The summed E-state index contributed by atoms with van der Waals surface area (Å²) in [5, 5.41) is 0. The van der Waals surface area contributed by atoms with Crippen molar-refractivity contribution in [3.8, 4) is 5.69 Å². The van der Waals surface area contributed by atoms with Gasteiger partial charge in [0.2, 0.25) is 0 Å². The smallest absolute Gasteiger partial charge is 0.338 e. The molecule has 0 radical (unpaired) electrons. The summed E-state index contributed by atoms with van der Waals surface area (Å²) < 4.78 is 7.04. The Bertz CT molecular complexity index is 650. The number of nitrogens with zero attached hydrogens (tertiary/aromatic N) is 1. The molecule has 0 aliphatic rings. The molecule has 0 spiro atoms. The molecule has 0 aliphatic carbocycles. The van der Waals surface area contributed by atoms with Gasteiger partial charge >= 0.3 is 5.97 Å². The van der Waals surface area contributed by atoms with E-state index < -0.39 is 0 Å². The van der Waals surface area contributed by atoms with E-state index in [9.17, 15) is 4.79 Å². The highest BCUT2D eigenvalue weighted by Gasteiger charge is 2.09. The maximum absolute atomic E-state index is 11.6. The molecule has 0 unspecified atom stereocenters. The van der Waals surface area contributed by atoms with E-state index >= 15 is 0 Å². The van der Waals surface area contributed by atoms with E-state index in [0.29, 0.717) is 12.2 Å². The zero-order chi connectivity index (χ0) is 15.4. The molecule has 0 amide bonds. The van der Waals surface area contributed by atoms with Crippen molar-refractivity contribution in [3.63, 3.8) is 0 Å². The molecule has 21 heavy (non-hydrogen) atoms. The van der Waals surface area contributed by atoms with Crippen molar-refractivity contribution in [1.82, 2.24) is 4.57 Å². The fraction of sp³-hybridized carbons (Fsp3) is 0.278. The van der Waals surface area contributed by atoms with Gasteiger partial charge in [0.05, 0.1) is 12.2 Å². The maximum atomic E-state index is 11.6. The summed E-state index contributed by atoms with van der Waals surface area (Å²) in [5.74, 6) is -0.284. The van der Waals surface area contributed by atoms with Gasteiger partial charge in [0, 0.05) is 18.1 Å². The molecule has 0 fully saturated rings. The first-order chi connectivity index (χ1) is 10.1. The number of ether oxygens (including phenoxy) is 1. The maximum Gasteiger partial charge on any atom is 0.338 e. The van der Waals surface area contributed by atoms with Crippen LogP contribution in [0.3, 0.4) is 0 Å². The SMILES string of the molecule is C=C(CC)c1cn(-c2ccc(C(=O)OCC)cc2)cc1C. The lowest BCUT2D eigenvalue weighted by atomic mass is 10.1. The molecule has 0 saturated heterocycles. The molecule has 0 bridgehead atoms. The van der Waals surface area contributed by atoms with E-state index in [4.69, 9.17) is 4.74 Å². The molecular formula is C18H21NO2. The highest BCUT2D eigenvalue weighted by Crippen LogP contribution is 2.23. The number of hydrogen-bond donors (Lipinski definition) is 0. The molecule has 1 aromatic heterocycles. The van der Waals surface area contributed by atoms with Crippen molar-refractivity contribution in [1.29, 1.82) is 0 Å². The number of aryl methyl sites for hydroxylation is 1. The number of carbonyl (C=O) groups is 1. The Morgan fingerprint density at radius 2 is 1.86 bits per heavy atom. The Labute approximate surface area is 125 Å². The summed E-state index contributed by atoms with van der Waals surface area (Å²) in [4.78, 5) is 11.6. The van der Waals surface area contributed by atoms with E-state index in [2.05, 4.69) is 37.4 Å². The number of rotatable bonds is 5. The minimum atomic E-state index is -0.284. The molecular weight excluding hydrogens is 262 g/mol. The topological polar surface area (TPSA) is 31.2 Å². The first-order valence-electron chi connectivity index (χ1n) is 7.21. The average Bonchev–Trinajstić information content (AvgIpc) is 2.89. The van der Waals surface area contributed by atoms with Gasteiger partial charge in [-0.2, -0.15) is 0 Å². The van der Waals surface area contributed by atoms with E-state index in [0.717, 1.165) is 17.7 Å². The summed E-state index contributed by atoms with van der Waals surface area (Å²) in [5.41, 5.74) is 5.11. The number of esters is 1. The van der Waals surface area contributed by atoms with E-state index in [1.807, 2.05) is 12.1 Å². The predicted molar refractivity (Wildman–Crippen MR) is 85.8 cm³/mol. The van der Waals surface area contributed by atoms with Crippen LogP contribution in [0.4, 0.5) is 0 Å². The van der Waals surface area contributed by atoms with Gasteiger partial charge in [0.25, 0.3) is 0 Å². The molecule has 0 saturated carbocycles. The summed E-state index contributed by atoms with van der Waals surface area (Å²) in [6, 6.07) is 7.42. The van der Waals surface area contributed by atoms with Gasteiger partial charge in [-0.15, -0.1) is 0 Å². The molecule has 3 heteroatoms. The largest absolute Gasteiger partial charge is 0.462 e. The van der Waals surface area contributed by atoms with Crippen LogP contribution < -0.4 is 0 Å². The van der Waals surface area contributed by atoms with Gasteiger partial charge in [-0.1, -0.05) is 13.5 Å². The van der Waals surface area contributed by atoms with Crippen molar-refractivity contribution in [2.24, 2.45) is 0 Å². The third-order valence-electron chi connectivity index (χ3n) is 3.51. The lowest BCUT2D eigenvalue weighted by molar-refractivity contribution is 0.0526. The lowest BCUT2D eigenvalue weighted by Crippen LogP contribution is -2.04. The zero-order valence-corrected chi connectivity index (χ0v) is 12.8. The monoisotopic (exact) mass is 283 g/mol. The van der Waals surface area contributed by atoms with Gasteiger partial charge in [0.1, 0.15) is 0 Å². The van der Waals surface area contributed by atoms with E-state index in [1.54, 1.807) is 19.1 Å². The first kappa shape index (κ1) is 15.1. The van der Waals surface area contributed by atoms with Crippen molar-refractivity contribution < 1.29 is 9.53 Å². The molecule has 1 aromatic carbocycles. The lowest BCUT2D eigenvalue weighted by Gasteiger charge is -2.05. The predicted octanol–water partition coefficient (Wildman–Crippen LogP) is 4.39. The zero-order valence-electron chi connectivity index (χ0n) is 12.8. The van der Waals surface area contributed by atoms with Gasteiger partial charge in [-0.05, 0) is 61.2 Å². The van der Waals surface area contributed by atoms with Crippen LogP contribution in [0.5, 0.6) is 0 Å². The number of benzene rings is 1. The van der Waals surface area contributed by atoms with Gasteiger partial charge < -0.3 is 9.30 Å². The van der Waals surface area contributed by atoms with Crippen LogP contribution in [-0.2, 0) is 4.74 Å². The highest BCUT2D eigenvalue weighted by atomic mass is 16.5. The highest BCUT2D eigenvalue weighted by molar-refractivity contribution is 5.89. The fourth-order valence-electron chi connectivity index (χ4n) is 2.25. The quantitative estimate of drug-likeness (QED) is 0.762. The van der Waals surface area contributed by atoms with Crippen LogP contribution in [0.2, 0.25) is 0 Å². The Balaban J connectivity index is 2.27. The number of aromatic nitrogens is 1.